The van der Waals surface area contributed by atoms with Crippen LogP contribution in [0.15, 0.2) is 83.3 Å². The molecule has 3 nitrogen and oxygen atoms in total. The highest BCUT2D eigenvalue weighted by molar-refractivity contribution is 9.10. The molecular formula is C22H19BrO3. The van der Waals surface area contributed by atoms with Crippen LogP contribution in [-0.4, -0.2) is 12.6 Å². The minimum absolute atomic E-state index is 0.174. The van der Waals surface area contributed by atoms with Crippen molar-refractivity contribution in [2.45, 2.75) is 13.0 Å². The molecule has 0 aliphatic carbocycles. The van der Waals surface area contributed by atoms with Crippen LogP contribution in [0.2, 0.25) is 0 Å². The first-order valence-electron chi connectivity index (χ1n) is 8.33. The predicted octanol–water partition coefficient (Wildman–Crippen LogP) is 5.80. The summed E-state index contributed by atoms with van der Waals surface area (Å²) in [5.41, 5.74) is 3.21. The van der Waals surface area contributed by atoms with Gasteiger partial charge in [-0.2, -0.15) is 0 Å². The lowest BCUT2D eigenvalue weighted by Crippen LogP contribution is -2.16. The smallest absolute Gasteiger partial charge is 0.302 e. The van der Waals surface area contributed by atoms with Gasteiger partial charge in [0.05, 0.1) is 0 Å². The molecule has 1 atom stereocenters. The normalized spacial score (nSPS) is 11.6. The number of carbonyl (C=O) groups excluding carboxylic acids is 1. The van der Waals surface area contributed by atoms with E-state index in [-0.39, 0.29) is 18.7 Å². The molecule has 3 aromatic carbocycles. The Morgan fingerprint density at radius 1 is 0.885 bits per heavy atom. The van der Waals surface area contributed by atoms with Crippen LogP contribution in [0.4, 0.5) is 0 Å². The van der Waals surface area contributed by atoms with Crippen LogP contribution in [0.3, 0.4) is 0 Å². The van der Waals surface area contributed by atoms with Crippen molar-refractivity contribution in [1.82, 2.24) is 0 Å². The molecular weight excluding hydrogens is 392 g/mol. The first kappa shape index (κ1) is 18.2. The van der Waals surface area contributed by atoms with Crippen molar-refractivity contribution >= 4 is 21.9 Å². The Kier molecular flexibility index (Phi) is 6.08. The Hall–Kier alpha value is -2.59. The zero-order valence-electron chi connectivity index (χ0n) is 14.4. The van der Waals surface area contributed by atoms with Gasteiger partial charge < -0.3 is 9.47 Å². The topological polar surface area (TPSA) is 35.5 Å². The van der Waals surface area contributed by atoms with Gasteiger partial charge in [-0.15, -0.1) is 0 Å². The fourth-order valence-corrected chi connectivity index (χ4v) is 2.86. The third-order valence-electron chi connectivity index (χ3n) is 3.92. The number of hydrogen-bond donors (Lipinski definition) is 0. The summed E-state index contributed by atoms with van der Waals surface area (Å²) >= 11 is 3.45. The van der Waals surface area contributed by atoms with Crippen LogP contribution in [0.25, 0.3) is 11.1 Å². The van der Waals surface area contributed by atoms with Crippen LogP contribution in [0, 0.1) is 0 Å². The number of rotatable bonds is 6. The molecule has 0 fully saturated rings. The highest BCUT2D eigenvalue weighted by atomic mass is 79.9. The highest BCUT2D eigenvalue weighted by Gasteiger charge is 2.15. The van der Waals surface area contributed by atoms with Gasteiger partial charge in [-0.1, -0.05) is 70.5 Å². The Morgan fingerprint density at radius 3 is 2.04 bits per heavy atom. The average Bonchev–Trinajstić information content (AvgIpc) is 2.67. The van der Waals surface area contributed by atoms with E-state index >= 15 is 0 Å². The predicted molar refractivity (Wildman–Crippen MR) is 106 cm³/mol. The van der Waals surface area contributed by atoms with Gasteiger partial charge in [0.1, 0.15) is 12.4 Å². The number of carbonyl (C=O) groups is 1. The first-order valence-corrected chi connectivity index (χ1v) is 9.12. The fourth-order valence-electron chi connectivity index (χ4n) is 2.59. The third kappa shape index (κ3) is 4.96. The van der Waals surface area contributed by atoms with Crippen LogP contribution in [0.1, 0.15) is 18.6 Å². The van der Waals surface area contributed by atoms with E-state index in [1.54, 1.807) is 0 Å². The van der Waals surface area contributed by atoms with E-state index in [4.69, 9.17) is 9.47 Å². The molecule has 0 saturated carbocycles. The molecule has 0 amide bonds. The van der Waals surface area contributed by atoms with E-state index < -0.39 is 0 Å². The molecule has 132 valence electrons. The second-order valence-electron chi connectivity index (χ2n) is 5.85. The number of esters is 1. The van der Waals surface area contributed by atoms with Gasteiger partial charge >= 0.3 is 5.97 Å². The summed E-state index contributed by atoms with van der Waals surface area (Å²) in [5.74, 6) is 0.409. The van der Waals surface area contributed by atoms with Gasteiger partial charge in [-0.3, -0.25) is 4.79 Å². The Labute approximate surface area is 161 Å². The van der Waals surface area contributed by atoms with Crippen molar-refractivity contribution in [3.05, 3.63) is 88.9 Å². The van der Waals surface area contributed by atoms with E-state index in [1.807, 2.05) is 66.7 Å². The van der Waals surface area contributed by atoms with Crippen molar-refractivity contribution < 1.29 is 14.3 Å². The van der Waals surface area contributed by atoms with E-state index in [0.29, 0.717) is 0 Å². The summed E-state index contributed by atoms with van der Waals surface area (Å²) in [7, 11) is 0. The van der Waals surface area contributed by atoms with E-state index in [9.17, 15) is 4.79 Å². The monoisotopic (exact) mass is 410 g/mol. The second-order valence-corrected chi connectivity index (χ2v) is 6.77. The lowest BCUT2D eigenvalue weighted by atomic mass is 10.1. The molecule has 0 spiro atoms. The maximum absolute atomic E-state index is 11.2. The molecule has 0 radical (unpaired) electrons. The highest BCUT2D eigenvalue weighted by Crippen LogP contribution is 2.27. The molecule has 3 rings (SSSR count). The summed E-state index contributed by atoms with van der Waals surface area (Å²) in [5, 5.41) is 0. The quantitative estimate of drug-likeness (QED) is 0.481. The Balaban J connectivity index is 1.76. The molecule has 26 heavy (non-hydrogen) atoms. The van der Waals surface area contributed by atoms with Gasteiger partial charge in [0.15, 0.2) is 6.10 Å². The summed E-state index contributed by atoms with van der Waals surface area (Å²) in [6.07, 6.45) is -0.348. The summed E-state index contributed by atoms with van der Waals surface area (Å²) in [6.45, 7) is 1.57. The first-order chi connectivity index (χ1) is 12.6. The average molecular weight is 411 g/mol. The van der Waals surface area contributed by atoms with Crippen molar-refractivity contribution in [3.8, 4) is 16.9 Å². The van der Waals surface area contributed by atoms with Gasteiger partial charge in [0.25, 0.3) is 0 Å². The van der Waals surface area contributed by atoms with Crippen molar-refractivity contribution in [3.63, 3.8) is 0 Å². The molecule has 3 aromatic rings. The van der Waals surface area contributed by atoms with E-state index in [1.165, 1.54) is 6.92 Å². The van der Waals surface area contributed by atoms with E-state index in [0.717, 1.165) is 26.9 Å². The minimum atomic E-state index is -0.348. The van der Waals surface area contributed by atoms with Crippen LogP contribution < -0.4 is 4.74 Å². The molecule has 0 bridgehead atoms. The second kappa shape index (κ2) is 8.68. The SMILES string of the molecule is CC(=O)OCC(Oc1ccc(-c2ccc(Br)cc2)cc1)c1ccccc1. The van der Waals surface area contributed by atoms with Gasteiger partial charge in [-0.25, -0.2) is 0 Å². The van der Waals surface area contributed by atoms with Crippen LogP contribution in [0.5, 0.6) is 5.75 Å². The molecule has 0 heterocycles. The zero-order chi connectivity index (χ0) is 18.4. The molecule has 0 aromatic heterocycles. The fraction of sp³-hybridized carbons (Fsp3) is 0.136. The molecule has 4 heteroatoms. The lowest BCUT2D eigenvalue weighted by Gasteiger charge is -2.19. The summed E-state index contributed by atoms with van der Waals surface area (Å²) < 4.78 is 12.3. The van der Waals surface area contributed by atoms with Crippen molar-refractivity contribution in [2.24, 2.45) is 0 Å². The lowest BCUT2D eigenvalue weighted by molar-refractivity contribution is -0.143. The van der Waals surface area contributed by atoms with Crippen molar-refractivity contribution in [1.29, 1.82) is 0 Å². The Bertz CT molecular complexity index is 843. The number of halogens is 1. The third-order valence-corrected chi connectivity index (χ3v) is 4.45. The molecule has 0 saturated heterocycles. The molecule has 1 unspecified atom stereocenters. The van der Waals surface area contributed by atoms with Gasteiger partial charge in [0.2, 0.25) is 0 Å². The molecule has 0 aliphatic heterocycles. The van der Waals surface area contributed by atoms with Gasteiger partial charge in [-0.05, 0) is 41.0 Å². The minimum Gasteiger partial charge on any atom is -0.482 e. The maximum atomic E-state index is 11.2. The number of hydrogen-bond acceptors (Lipinski definition) is 3. The van der Waals surface area contributed by atoms with Crippen molar-refractivity contribution in [2.75, 3.05) is 6.61 Å². The molecule has 0 N–H and O–H groups in total. The largest absolute Gasteiger partial charge is 0.482 e. The summed E-state index contributed by atoms with van der Waals surface area (Å²) in [6, 6.07) is 25.8. The van der Waals surface area contributed by atoms with Crippen LogP contribution >= 0.6 is 15.9 Å². The van der Waals surface area contributed by atoms with E-state index in [2.05, 4.69) is 28.1 Å². The summed E-state index contributed by atoms with van der Waals surface area (Å²) in [4.78, 5) is 11.2. The number of ether oxygens (including phenoxy) is 2. The molecule has 0 aliphatic rings. The van der Waals surface area contributed by atoms with Gasteiger partial charge in [0, 0.05) is 11.4 Å². The zero-order valence-corrected chi connectivity index (χ0v) is 16.0. The maximum Gasteiger partial charge on any atom is 0.302 e. The Morgan fingerprint density at radius 2 is 1.46 bits per heavy atom. The van der Waals surface area contributed by atoms with Crippen LogP contribution in [-0.2, 0) is 9.53 Å². The standard InChI is InChI=1S/C22H19BrO3/c1-16(24)25-15-22(19-5-3-2-4-6-19)26-21-13-9-18(10-14-21)17-7-11-20(23)12-8-17/h2-14,22H,15H2,1H3. The number of benzene rings is 3.